The van der Waals surface area contributed by atoms with Crippen molar-refractivity contribution in [1.82, 2.24) is 15.2 Å². The van der Waals surface area contributed by atoms with Crippen LogP contribution in [-0.2, 0) is 16.8 Å². The van der Waals surface area contributed by atoms with Crippen LogP contribution in [0.25, 0.3) is 0 Å². The van der Waals surface area contributed by atoms with E-state index in [0.717, 1.165) is 45.3 Å². The summed E-state index contributed by atoms with van der Waals surface area (Å²) in [4.78, 5) is 19.6. The van der Waals surface area contributed by atoms with Crippen LogP contribution < -0.4 is 5.32 Å². The minimum atomic E-state index is -0.278. The van der Waals surface area contributed by atoms with E-state index >= 15 is 0 Å². The Hall–Kier alpha value is -2.20. The van der Waals surface area contributed by atoms with E-state index in [1.807, 2.05) is 18.5 Å². The van der Waals surface area contributed by atoms with Gasteiger partial charge in [0.05, 0.1) is 5.41 Å². The highest BCUT2D eigenvalue weighted by molar-refractivity contribution is 5.91. The van der Waals surface area contributed by atoms with Crippen molar-refractivity contribution in [3.05, 3.63) is 65.5 Å². The van der Waals surface area contributed by atoms with Crippen molar-refractivity contribution in [2.75, 3.05) is 13.1 Å². The van der Waals surface area contributed by atoms with Crippen LogP contribution in [0.2, 0.25) is 0 Å². The standard InChI is InChI=1S/C22H27N3O/c1-17-6-8-19(9-7-17)22(10-11-22)21(26)24-20-5-3-13-25(16-20)15-18-4-2-12-23-14-18/h2,4,6-9,12,14,20H,3,5,10-11,13,15-16H2,1H3,(H,24,26). The van der Waals surface area contributed by atoms with Gasteiger partial charge in [0.15, 0.2) is 0 Å². The van der Waals surface area contributed by atoms with Gasteiger partial charge in [0.25, 0.3) is 0 Å². The highest BCUT2D eigenvalue weighted by Crippen LogP contribution is 2.48. The first-order valence-electron chi connectivity index (χ1n) is 9.65. The molecule has 1 unspecified atom stereocenters. The zero-order chi connectivity index (χ0) is 18.0. The first-order chi connectivity index (χ1) is 12.7. The van der Waals surface area contributed by atoms with Gasteiger partial charge in [-0.3, -0.25) is 14.7 Å². The summed E-state index contributed by atoms with van der Waals surface area (Å²) in [6.07, 6.45) is 7.87. The Morgan fingerprint density at radius 3 is 2.77 bits per heavy atom. The molecule has 1 atom stereocenters. The third kappa shape index (κ3) is 3.65. The van der Waals surface area contributed by atoms with Gasteiger partial charge in [-0.25, -0.2) is 0 Å². The predicted octanol–water partition coefficient (Wildman–Crippen LogP) is 3.20. The van der Waals surface area contributed by atoms with E-state index in [0.29, 0.717) is 0 Å². The summed E-state index contributed by atoms with van der Waals surface area (Å²) in [5.74, 6) is 0.217. The van der Waals surface area contributed by atoms with Crippen molar-refractivity contribution < 1.29 is 4.79 Å². The summed E-state index contributed by atoms with van der Waals surface area (Å²) in [6.45, 7) is 5.00. The molecular weight excluding hydrogens is 322 g/mol. The Morgan fingerprint density at radius 2 is 2.08 bits per heavy atom. The van der Waals surface area contributed by atoms with Gasteiger partial charge in [0.2, 0.25) is 5.91 Å². The number of piperidine rings is 1. The number of nitrogens with one attached hydrogen (secondary N) is 1. The number of nitrogens with zero attached hydrogens (tertiary/aromatic N) is 2. The zero-order valence-corrected chi connectivity index (χ0v) is 15.4. The normalized spacial score (nSPS) is 22.0. The quantitative estimate of drug-likeness (QED) is 0.902. The molecule has 4 heteroatoms. The molecule has 2 fully saturated rings. The Balaban J connectivity index is 1.37. The Kier molecular flexibility index (Phi) is 4.77. The van der Waals surface area contributed by atoms with Crippen molar-refractivity contribution in [3.63, 3.8) is 0 Å². The molecule has 26 heavy (non-hydrogen) atoms. The zero-order valence-electron chi connectivity index (χ0n) is 15.4. The first-order valence-corrected chi connectivity index (χ1v) is 9.65. The van der Waals surface area contributed by atoms with E-state index in [-0.39, 0.29) is 17.4 Å². The Bertz CT molecular complexity index is 753. The number of carbonyl (C=O) groups is 1. The molecule has 0 bridgehead atoms. The maximum Gasteiger partial charge on any atom is 0.230 e. The van der Waals surface area contributed by atoms with Crippen molar-refractivity contribution >= 4 is 5.91 Å². The number of rotatable bonds is 5. The van der Waals surface area contributed by atoms with Gasteiger partial charge in [-0.05, 0) is 56.3 Å². The molecule has 0 radical (unpaired) electrons. The number of hydrogen-bond donors (Lipinski definition) is 1. The topological polar surface area (TPSA) is 45.2 Å². The van der Waals surface area contributed by atoms with Crippen LogP contribution in [0.5, 0.6) is 0 Å². The highest BCUT2D eigenvalue weighted by Gasteiger charge is 2.51. The summed E-state index contributed by atoms with van der Waals surface area (Å²) < 4.78 is 0. The second-order valence-corrected chi connectivity index (χ2v) is 7.86. The van der Waals surface area contributed by atoms with Crippen molar-refractivity contribution in [1.29, 1.82) is 0 Å². The number of carbonyl (C=O) groups excluding carboxylic acids is 1. The number of aryl methyl sites for hydroxylation is 1. The summed E-state index contributed by atoms with van der Waals surface area (Å²) >= 11 is 0. The molecule has 2 aliphatic rings. The van der Waals surface area contributed by atoms with Crippen LogP contribution in [0.15, 0.2) is 48.8 Å². The average Bonchev–Trinajstić information content (AvgIpc) is 3.45. The minimum absolute atomic E-state index is 0.217. The summed E-state index contributed by atoms with van der Waals surface area (Å²) in [6, 6.07) is 12.8. The monoisotopic (exact) mass is 349 g/mol. The fourth-order valence-corrected chi connectivity index (χ4v) is 4.03. The number of hydrogen-bond acceptors (Lipinski definition) is 3. The summed E-state index contributed by atoms with van der Waals surface area (Å²) in [5, 5.41) is 3.35. The molecule has 1 aromatic carbocycles. The van der Waals surface area contributed by atoms with Crippen LogP contribution in [-0.4, -0.2) is 34.9 Å². The van der Waals surface area contributed by atoms with E-state index < -0.39 is 0 Å². The third-order valence-electron chi connectivity index (χ3n) is 5.76. The minimum Gasteiger partial charge on any atom is -0.351 e. The van der Waals surface area contributed by atoms with E-state index in [1.54, 1.807) is 0 Å². The molecule has 1 amide bonds. The first kappa shape index (κ1) is 17.2. The van der Waals surface area contributed by atoms with Crippen LogP contribution in [0.1, 0.15) is 42.4 Å². The lowest BCUT2D eigenvalue weighted by Crippen LogP contribution is -2.50. The lowest BCUT2D eigenvalue weighted by molar-refractivity contribution is -0.124. The summed E-state index contributed by atoms with van der Waals surface area (Å²) in [7, 11) is 0. The number of likely N-dealkylation sites (tertiary alicyclic amines) is 1. The third-order valence-corrected chi connectivity index (χ3v) is 5.76. The van der Waals surface area contributed by atoms with Gasteiger partial charge in [-0.1, -0.05) is 35.9 Å². The molecule has 0 spiro atoms. The highest BCUT2D eigenvalue weighted by atomic mass is 16.2. The van der Waals surface area contributed by atoms with Gasteiger partial charge in [0.1, 0.15) is 0 Å². The van der Waals surface area contributed by atoms with Gasteiger partial charge >= 0.3 is 0 Å². The molecule has 136 valence electrons. The van der Waals surface area contributed by atoms with E-state index in [1.165, 1.54) is 16.7 Å². The maximum absolute atomic E-state index is 13.0. The van der Waals surface area contributed by atoms with E-state index in [4.69, 9.17) is 0 Å². The summed E-state index contributed by atoms with van der Waals surface area (Å²) in [5.41, 5.74) is 3.36. The molecule has 2 heterocycles. The molecule has 1 N–H and O–H groups in total. The number of benzene rings is 1. The molecular formula is C22H27N3O. The number of amides is 1. The molecule has 4 nitrogen and oxygen atoms in total. The predicted molar refractivity (Wildman–Crippen MR) is 103 cm³/mol. The van der Waals surface area contributed by atoms with Gasteiger partial charge in [0, 0.05) is 31.5 Å². The van der Waals surface area contributed by atoms with Crippen molar-refractivity contribution in [2.45, 2.75) is 50.6 Å². The molecule has 4 rings (SSSR count). The SMILES string of the molecule is Cc1ccc(C2(C(=O)NC3CCCN(Cc4cccnc4)C3)CC2)cc1. The Labute approximate surface area is 155 Å². The molecule has 1 aliphatic heterocycles. The van der Waals surface area contributed by atoms with Crippen molar-refractivity contribution in [2.24, 2.45) is 0 Å². The molecule has 1 saturated heterocycles. The second-order valence-electron chi connectivity index (χ2n) is 7.86. The van der Waals surface area contributed by atoms with Gasteiger partial charge in [-0.15, -0.1) is 0 Å². The molecule has 1 saturated carbocycles. The van der Waals surface area contributed by atoms with E-state index in [9.17, 15) is 4.79 Å². The van der Waals surface area contributed by atoms with Crippen LogP contribution in [0.3, 0.4) is 0 Å². The second kappa shape index (κ2) is 7.20. The largest absolute Gasteiger partial charge is 0.351 e. The van der Waals surface area contributed by atoms with E-state index in [2.05, 4.69) is 52.5 Å². The maximum atomic E-state index is 13.0. The lowest BCUT2D eigenvalue weighted by Gasteiger charge is -2.34. The van der Waals surface area contributed by atoms with Gasteiger partial charge in [-0.2, -0.15) is 0 Å². The van der Waals surface area contributed by atoms with Crippen LogP contribution >= 0.6 is 0 Å². The smallest absolute Gasteiger partial charge is 0.230 e. The lowest BCUT2D eigenvalue weighted by atomic mass is 9.93. The molecule has 2 aromatic rings. The fourth-order valence-electron chi connectivity index (χ4n) is 4.03. The molecule has 1 aromatic heterocycles. The number of pyridine rings is 1. The number of aromatic nitrogens is 1. The fraction of sp³-hybridized carbons (Fsp3) is 0.455. The van der Waals surface area contributed by atoms with Gasteiger partial charge < -0.3 is 5.32 Å². The average molecular weight is 349 g/mol. The van der Waals surface area contributed by atoms with Crippen LogP contribution in [0.4, 0.5) is 0 Å². The Morgan fingerprint density at radius 1 is 1.27 bits per heavy atom. The van der Waals surface area contributed by atoms with Crippen LogP contribution in [0, 0.1) is 6.92 Å². The van der Waals surface area contributed by atoms with Crippen molar-refractivity contribution in [3.8, 4) is 0 Å². The molecule has 1 aliphatic carbocycles.